The second-order valence-corrected chi connectivity index (χ2v) is 5.25. The summed E-state index contributed by atoms with van der Waals surface area (Å²) in [5.74, 6) is 0.880. The van der Waals surface area contributed by atoms with E-state index in [-0.39, 0.29) is 0 Å². The minimum atomic E-state index is 0.702. The van der Waals surface area contributed by atoms with Gasteiger partial charge in [-0.2, -0.15) is 0 Å². The molecule has 98 valence electrons. The number of nitrogen functional groups attached to an aromatic ring is 1. The summed E-state index contributed by atoms with van der Waals surface area (Å²) in [6.07, 6.45) is 6.72. The monoisotopic (exact) mass is 253 g/mol. The molecule has 0 bridgehead atoms. The third-order valence-electron chi connectivity index (χ3n) is 3.71. The summed E-state index contributed by atoms with van der Waals surface area (Å²) < 4.78 is 0. The van der Waals surface area contributed by atoms with Crippen LogP contribution in [0.1, 0.15) is 29.5 Å². The summed E-state index contributed by atoms with van der Waals surface area (Å²) in [5.41, 5.74) is 11.6. The van der Waals surface area contributed by atoms with Crippen LogP contribution in [0.2, 0.25) is 0 Å². The Bertz CT molecular complexity index is 605. The average molecular weight is 253 g/mol. The molecule has 1 aliphatic rings. The average Bonchev–Trinajstić information content (AvgIpc) is 2.42. The van der Waals surface area contributed by atoms with E-state index >= 15 is 0 Å². The first-order valence-electron chi connectivity index (χ1n) is 6.83. The summed E-state index contributed by atoms with van der Waals surface area (Å²) in [4.78, 5) is 4.35. The lowest BCUT2D eigenvalue weighted by Crippen LogP contribution is -2.04. The van der Waals surface area contributed by atoms with Crippen molar-refractivity contribution < 1.29 is 0 Å². The molecule has 0 atom stereocenters. The predicted octanol–water partition coefficient (Wildman–Crippen LogP) is 3.59. The molecule has 1 aliphatic carbocycles. The molecule has 3 heteroatoms. The zero-order valence-corrected chi connectivity index (χ0v) is 11.2. The van der Waals surface area contributed by atoms with E-state index < -0.39 is 0 Å². The number of anilines is 3. The van der Waals surface area contributed by atoms with Gasteiger partial charge < -0.3 is 11.1 Å². The summed E-state index contributed by atoms with van der Waals surface area (Å²) in [6, 6.07) is 8.57. The normalized spacial score (nSPS) is 13.9. The van der Waals surface area contributed by atoms with Crippen molar-refractivity contribution in [1.82, 2.24) is 4.98 Å². The van der Waals surface area contributed by atoms with E-state index in [1.165, 1.54) is 36.8 Å². The van der Waals surface area contributed by atoms with Crippen LogP contribution < -0.4 is 11.1 Å². The highest BCUT2D eigenvalue weighted by Gasteiger charge is 2.10. The number of aromatic nitrogens is 1. The molecule has 19 heavy (non-hydrogen) atoms. The smallest absolute Gasteiger partial charge is 0.133 e. The van der Waals surface area contributed by atoms with Gasteiger partial charge in [0.15, 0.2) is 0 Å². The molecule has 3 rings (SSSR count). The molecule has 0 spiro atoms. The van der Waals surface area contributed by atoms with Crippen LogP contribution in [-0.4, -0.2) is 4.98 Å². The van der Waals surface area contributed by atoms with Gasteiger partial charge >= 0.3 is 0 Å². The molecule has 0 saturated carbocycles. The van der Waals surface area contributed by atoms with Gasteiger partial charge in [-0.05, 0) is 67.5 Å². The lowest BCUT2D eigenvalue weighted by molar-refractivity contribution is 0.686. The van der Waals surface area contributed by atoms with Crippen LogP contribution in [0.5, 0.6) is 0 Å². The van der Waals surface area contributed by atoms with Gasteiger partial charge in [-0.25, -0.2) is 4.98 Å². The lowest BCUT2D eigenvalue weighted by Gasteiger charge is -2.17. The van der Waals surface area contributed by atoms with E-state index in [1.807, 2.05) is 13.0 Å². The van der Waals surface area contributed by atoms with Crippen molar-refractivity contribution in [1.29, 1.82) is 0 Å². The molecule has 0 saturated heterocycles. The number of nitrogens with zero attached hydrogens (tertiary/aromatic N) is 1. The van der Waals surface area contributed by atoms with Crippen molar-refractivity contribution in [2.24, 2.45) is 0 Å². The maximum absolute atomic E-state index is 5.72. The van der Waals surface area contributed by atoms with Gasteiger partial charge in [0.25, 0.3) is 0 Å². The first kappa shape index (κ1) is 12.0. The molecule has 0 aliphatic heterocycles. The maximum atomic E-state index is 5.72. The molecule has 3 N–H and O–H groups in total. The van der Waals surface area contributed by atoms with Crippen molar-refractivity contribution >= 4 is 17.2 Å². The molecule has 0 amide bonds. The van der Waals surface area contributed by atoms with Crippen LogP contribution in [0, 0.1) is 6.92 Å². The number of pyridine rings is 1. The van der Waals surface area contributed by atoms with Crippen LogP contribution in [0.4, 0.5) is 17.2 Å². The third-order valence-corrected chi connectivity index (χ3v) is 3.71. The van der Waals surface area contributed by atoms with Gasteiger partial charge in [-0.3, -0.25) is 0 Å². The second-order valence-electron chi connectivity index (χ2n) is 5.25. The van der Waals surface area contributed by atoms with Crippen molar-refractivity contribution in [3.05, 3.63) is 47.2 Å². The van der Waals surface area contributed by atoms with Gasteiger partial charge in [-0.15, -0.1) is 0 Å². The van der Waals surface area contributed by atoms with Gasteiger partial charge in [0.2, 0.25) is 0 Å². The van der Waals surface area contributed by atoms with E-state index in [2.05, 4.69) is 28.5 Å². The lowest BCUT2D eigenvalue weighted by atomic mass is 9.91. The Kier molecular flexibility index (Phi) is 3.11. The summed E-state index contributed by atoms with van der Waals surface area (Å²) in [5, 5.41) is 3.38. The summed E-state index contributed by atoms with van der Waals surface area (Å²) in [6.45, 7) is 2.02. The van der Waals surface area contributed by atoms with E-state index in [1.54, 1.807) is 6.20 Å². The molecule has 0 unspecified atom stereocenters. The van der Waals surface area contributed by atoms with Crippen molar-refractivity contribution in [2.75, 3.05) is 11.1 Å². The Labute approximate surface area is 113 Å². The number of hydrogen-bond donors (Lipinski definition) is 2. The van der Waals surface area contributed by atoms with E-state index in [0.29, 0.717) is 5.69 Å². The highest BCUT2D eigenvalue weighted by atomic mass is 15.0. The molecule has 2 aromatic rings. The SMILES string of the molecule is Cc1cc(N)cnc1Nc1ccc2c(c1)CCCC2. The van der Waals surface area contributed by atoms with Gasteiger partial charge in [0.05, 0.1) is 11.9 Å². The molecule has 1 aromatic carbocycles. The van der Waals surface area contributed by atoms with E-state index in [0.717, 1.165) is 17.1 Å². The highest BCUT2D eigenvalue weighted by molar-refractivity contribution is 5.62. The molecule has 3 nitrogen and oxygen atoms in total. The first-order valence-corrected chi connectivity index (χ1v) is 6.83. The van der Waals surface area contributed by atoms with Gasteiger partial charge in [0, 0.05) is 5.69 Å². The highest BCUT2D eigenvalue weighted by Crippen LogP contribution is 2.26. The van der Waals surface area contributed by atoms with Crippen LogP contribution in [0.15, 0.2) is 30.5 Å². The molecule has 1 aromatic heterocycles. The standard InChI is InChI=1S/C16H19N3/c1-11-8-14(17)10-18-16(11)19-15-7-6-12-4-2-3-5-13(12)9-15/h6-10H,2-5,17H2,1H3,(H,18,19). The number of benzene rings is 1. The van der Waals surface area contributed by atoms with Crippen LogP contribution >= 0.6 is 0 Å². The molecule has 0 radical (unpaired) electrons. The Balaban J connectivity index is 1.87. The fourth-order valence-electron chi connectivity index (χ4n) is 2.68. The van der Waals surface area contributed by atoms with E-state index in [9.17, 15) is 0 Å². The first-order chi connectivity index (χ1) is 9.22. The number of nitrogens with two attached hydrogens (primary N) is 1. The summed E-state index contributed by atoms with van der Waals surface area (Å²) >= 11 is 0. The topological polar surface area (TPSA) is 50.9 Å². The van der Waals surface area contributed by atoms with Crippen LogP contribution in [0.25, 0.3) is 0 Å². The number of rotatable bonds is 2. The molecule has 1 heterocycles. The minimum Gasteiger partial charge on any atom is -0.397 e. The molecular weight excluding hydrogens is 234 g/mol. The summed E-state index contributed by atoms with van der Waals surface area (Å²) in [7, 11) is 0. The predicted molar refractivity (Wildman–Crippen MR) is 79.8 cm³/mol. The zero-order valence-electron chi connectivity index (χ0n) is 11.2. The maximum Gasteiger partial charge on any atom is 0.133 e. The second kappa shape index (κ2) is 4.92. The van der Waals surface area contributed by atoms with Gasteiger partial charge in [0.1, 0.15) is 5.82 Å². The number of fused-ring (bicyclic) bond motifs is 1. The third kappa shape index (κ3) is 2.55. The van der Waals surface area contributed by atoms with Crippen LogP contribution in [-0.2, 0) is 12.8 Å². The number of hydrogen-bond acceptors (Lipinski definition) is 3. The fraction of sp³-hybridized carbons (Fsp3) is 0.312. The fourth-order valence-corrected chi connectivity index (χ4v) is 2.68. The quantitative estimate of drug-likeness (QED) is 0.859. The zero-order chi connectivity index (χ0) is 13.2. The Hall–Kier alpha value is -2.03. The minimum absolute atomic E-state index is 0.702. The van der Waals surface area contributed by atoms with Gasteiger partial charge in [-0.1, -0.05) is 6.07 Å². The Morgan fingerprint density at radius 1 is 1.11 bits per heavy atom. The van der Waals surface area contributed by atoms with Crippen molar-refractivity contribution in [3.8, 4) is 0 Å². The van der Waals surface area contributed by atoms with Crippen molar-refractivity contribution in [3.63, 3.8) is 0 Å². The van der Waals surface area contributed by atoms with Crippen LogP contribution in [0.3, 0.4) is 0 Å². The molecular formula is C16H19N3. The van der Waals surface area contributed by atoms with E-state index in [4.69, 9.17) is 5.73 Å². The molecule has 0 fully saturated rings. The van der Waals surface area contributed by atoms with Crippen molar-refractivity contribution in [2.45, 2.75) is 32.6 Å². The largest absolute Gasteiger partial charge is 0.397 e. The Morgan fingerprint density at radius 3 is 2.68 bits per heavy atom. The number of nitrogens with one attached hydrogen (secondary N) is 1. The Morgan fingerprint density at radius 2 is 1.89 bits per heavy atom. The number of aryl methyl sites for hydroxylation is 3.